The molecule has 6 rings (SSSR count). The molecule has 4 aliphatic rings. The largest absolute Gasteiger partial charge is 0.459 e. The van der Waals surface area contributed by atoms with E-state index in [1.54, 1.807) is 52.0 Å². The highest BCUT2D eigenvalue weighted by Crippen LogP contribution is 2.67. The van der Waals surface area contributed by atoms with Crippen LogP contribution >= 0.6 is 11.8 Å². The maximum atomic E-state index is 15.3. The molecule has 2 aromatic rings. The van der Waals surface area contributed by atoms with Gasteiger partial charge in [0.2, 0.25) is 12.0 Å². The van der Waals surface area contributed by atoms with Crippen LogP contribution in [0.5, 0.6) is 0 Å². The first-order valence-electron chi connectivity index (χ1n) is 28.8. The van der Waals surface area contributed by atoms with Crippen LogP contribution in [0.25, 0.3) is 0 Å². The van der Waals surface area contributed by atoms with E-state index in [9.17, 15) is 59.1 Å². The zero-order chi connectivity index (χ0) is 63.6. The van der Waals surface area contributed by atoms with Gasteiger partial charge in [-0.25, -0.2) is 19.2 Å². The van der Waals surface area contributed by atoms with Crippen LogP contribution in [0.3, 0.4) is 0 Å². The average molecular weight is 1230 g/mol. The molecule has 3 aliphatic carbocycles. The third-order valence-corrected chi connectivity index (χ3v) is 18.1. The van der Waals surface area contributed by atoms with E-state index in [1.165, 1.54) is 71.2 Å². The number of hydrogen-bond acceptors (Lipinski definition) is 23. The molecule has 2 bridgehead atoms. The van der Waals surface area contributed by atoms with Gasteiger partial charge in [-0.1, -0.05) is 76.2 Å². The van der Waals surface area contributed by atoms with Crippen LogP contribution in [0, 0.1) is 22.7 Å². The highest BCUT2D eigenvalue weighted by Gasteiger charge is 2.86. The summed E-state index contributed by atoms with van der Waals surface area (Å²) in [6.45, 7) is 13.6. The van der Waals surface area contributed by atoms with Crippen molar-refractivity contribution in [2.45, 2.75) is 172 Å². The summed E-state index contributed by atoms with van der Waals surface area (Å²) in [6.07, 6.45) is -14.9. The number of amides is 3. The molecule has 86 heavy (non-hydrogen) atoms. The highest BCUT2D eigenvalue weighted by molar-refractivity contribution is 8.00. The number of ketones is 1. The highest BCUT2D eigenvalue weighted by atomic mass is 32.2. The van der Waals surface area contributed by atoms with Gasteiger partial charge in [-0.2, -0.15) is 0 Å². The summed E-state index contributed by atoms with van der Waals surface area (Å²) in [5.41, 5.74) is -13.1. The van der Waals surface area contributed by atoms with Crippen molar-refractivity contribution in [3.8, 4) is 0 Å². The van der Waals surface area contributed by atoms with E-state index in [0.29, 0.717) is 26.1 Å². The summed E-state index contributed by atoms with van der Waals surface area (Å²) >= 11 is 0.778. The van der Waals surface area contributed by atoms with Crippen molar-refractivity contribution in [1.82, 2.24) is 16.0 Å². The van der Waals surface area contributed by atoms with Gasteiger partial charge in [0.25, 0.3) is 0 Å². The minimum Gasteiger partial charge on any atom is -0.459 e. The molecular formula is C60H85N3O22S. The average Bonchev–Trinajstić information content (AvgIpc) is 0.656. The number of ether oxygens (including phenoxy) is 9. The Morgan fingerprint density at radius 3 is 2.08 bits per heavy atom. The standard InChI is InChI=1S/C60H85N3O22S/c1-34-40(30-58(75)52(83-50(71)38-21-15-12-16-22-38)60(76)57(9,49(70)47(69)45(34)56(58,7)8)41(66)29-42-59(60,33-80-42)84-36(3)65)81-51(72)48(46(37-19-13-11-14-20-37)63-54(74)85-55(4,5)6)82-44(68)32-86-31-43(67)62-39(35(2)64)23-17-18-24-61-53(73)79-28-27-78-26-25-77-10/h11-16,19-22,34,39-42,45-49,52,66,69-70,75-76H,17-18,23-33H2,1-10H3,(H,61,73)(H,62,67)(H,63,74)/t34-,39?,40?,41+,42-,45?,46+,47-,48-,49-,52-,57+,58-,59+,60-/m1/s1. The number of alkyl carbamates (subject to hydrolysis) is 2. The second-order valence-corrected chi connectivity index (χ2v) is 25.2. The van der Waals surface area contributed by atoms with Gasteiger partial charge >= 0.3 is 36.1 Å². The molecule has 4 fully saturated rings. The number of fused-ring (bicyclic) bond motifs is 5. The summed E-state index contributed by atoms with van der Waals surface area (Å²) in [4.78, 5) is 109. The summed E-state index contributed by atoms with van der Waals surface area (Å²) in [5.74, 6) is -8.79. The molecule has 3 amide bonds. The molecule has 3 saturated carbocycles. The SMILES string of the molecule is COCCOCCOC(=O)NCCCCC(NC(=O)CSCC(=O)O[C@@H](C(=O)OC1C[C@@]2(O)[C@@H](OC(=O)c3ccccc3)[C@@]3(O)[C@](C)([C@H](O)[C@H](O)C([C@@H]1C)C2(C)C)[C@@H](O)C[C@H]1OC[C@]13OC(C)=O)[C@@H](NC(=O)OC(C)(C)C)c1ccccc1)C(C)=O. The zero-order valence-corrected chi connectivity index (χ0v) is 51.2. The maximum Gasteiger partial charge on any atom is 0.408 e. The number of unbranched alkanes of at least 4 members (excludes halogenated alkanes) is 1. The van der Waals surface area contributed by atoms with Crippen LogP contribution in [0.15, 0.2) is 60.7 Å². The Morgan fingerprint density at radius 2 is 1.48 bits per heavy atom. The molecule has 1 aliphatic heterocycles. The summed E-state index contributed by atoms with van der Waals surface area (Å²) in [7, 11) is 1.54. The molecule has 8 N–H and O–H groups in total. The number of aliphatic hydroxyl groups is 5. The molecule has 25 nitrogen and oxygen atoms in total. The Kier molecular flexibility index (Phi) is 23.2. The van der Waals surface area contributed by atoms with E-state index in [1.807, 2.05) is 0 Å². The molecule has 478 valence electrons. The first kappa shape index (κ1) is 69.1. The van der Waals surface area contributed by atoms with Crippen LogP contribution < -0.4 is 16.0 Å². The van der Waals surface area contributed by atoms with Crippen molar-refractivity contribution in [2.24, 2.45) is 22.7 Å². The number of Topliss-reactive ketones (excluding diaryl/α,β-unsaturated/α-hetero) is 1. The van der Waals surface area contributed by atoms with Crippen LogP contribution in [0.4, 0.5) is 9.59 Å². The minimum atomic E-state index is -3.03. The Labute approximate surface area is 504 Å². The van der Waals surface area contributed by atoms with Crippen molar-refractivity contribution in [3.63, 3.8) is 0 Å². The molecular weight excluding hydrogens is 1150 g/mol. The number of benzene rings is 2. The van der Waals surface area contributed by atoms with Crippen molar-refractivity contribution in [3.05, 3.63) is 71.8 Å². The van der Waals surface area contributed by atoms with E-state index >= 15 is 4.79 Å². The third-order valence-electron chi connectivity index (χ3n) is 17.2. The number of carbonyl (C=O) groups is 8. The van der Waals surface area contributed by atoms with Crippen LogP contribution in [-0.4, -0.2) is 203 Å². The summed E-state index contributed by atoms with van der Waals surface area (Å²) in [6, 6.07) is 12.9. The lowest BCUT2D eigenvalue weighted by Crippen LogP contribution is -2.92. The van der Waals surface area contributed by atoms with Gasteiger partial charge in [0.15, 0.2) is 23.1 Å². The van der Waals surface area contributed by atoms with E-state index in [4.69, 9.17) is 42.6 Å². The van der Waals surface area contributed by atoms with E-state index < -0.39 is 161 Å². The number of rotatable bonds is 26. The number of esters is 4. The monoisotopic (exact) mass is 1230 g/mol. The fraction of sp³-hybridized carbons (Fsp3) is 0.667. The van der Waals surface area contributed by atoms with Gasteiger partial charge in [0.05, 0.1) is 73.3 Å². The van der Waals surface area contributed by atoms with Crippen molar-refractivity contribution < 1.29 is 107 Å². The number of carbonyl (C=O) groups excluding carboxylic acids is 8. The summed E-state index contributed by atoms with van der Waals surface area (Å²) in [5, 5.41) is 73.3. The van der Waals surface area contributed by atoms with Crippen molar-refractivity contribution in [2.75, 3.05) is 58.2 Å². The molecule has 0 spiro atoms. The second-order valence-electron chi connectivity index (χ2n) is 24.2. The lowest BCUT2D eigenvalue weighted by Gasteiger charge is -2.73. The predicted octanol–water partition coefficient (Wildman–Crippen LogP) is 3.02. The lowest BCUT2D eigenvalue weighted by molar-refractivity contribution is -0.432. The second kappa shape index (κ2) is 28.9. The van der Waals surface area contributed by atoms with Crippen LogP contribution in [0.1, 0.15) is 116 Å². The van der Waals surface area contributed by atoms with Gasteiger partial charge in [-0.3, -0.25) is 19.2 Å². The zero-order valence-electron chi connectivity index (χ0n) is 50.4. The number of methoxy groups -OCH3 is 1. The molecule has 0 aromatic heterocycles. The van der Waals surface area contributed by atoms with Gasteiger partial charge in [0, 0.05) is 44.8 Å². The molecule has 2 aromatic carbocycles. The maximum absolute atomic E-state index is 15.3. The molecule has 3 unspecified atom stereocenters. The molecule has 15 atom stereocenters. The fourth-order valence-corrected chi connectivity index (χ4v) is 13.2. The van der Waals surface area contributed by atoms with Crippen molar-refractivity contribution >= 4 is 59.5 Å². The number of hydrogen-bond donors (Lipinski definition) is 8. The number of aliphatic hydroxyl groups excluding tert-OH is 3. The minimum absolute atomic E-state index is 0.0429. The fourth-order valence-electron chi connectivity index (χ4n) is 12.6. The normalized spacial score (nSPS) is 30.0. The topological polar surface area (TPSA) is 357 Å². The van der Waals surface area contributed by atoms with E-state index in [2.05, 4.69) is 16.0 Å². The quantitative estimate of drug-likeness (QED) is 0.0381. The lowest BCUT2D eigenvalue weighted by atomic mass is 9.40. The van der Waals surface area contributed by atoms with Crippen LogP contribution in [-0.2, 0) is 66.6 Å². The number of thioether (sulfide) groups is 1. The van der Waals surface area contributed by atoms with E-state index in [0.717, 1.165) is 18.7 Å². The molecule has 1 saturated heterocycles. The van der Waals surface area contributed by atoms with Crippen molar-refractivity contribution in [1.29, 1.82) is 0 Å². The summed E-state index contributed by atoms with van der Waals surface area (Å²) < 4.78 is 51.2. The van der Waals surface area contributed by atoms with Gasteiger partial charge in [-0.15, -0.1) is 11.8 Å². The van der Waals surface area contributed by atoms with Gasteiger partial charge in [-0.05, 0) is 70.6 Å². The first-order chi connectivity index (χ1) is 40.4. The van der Waals surface area contributed by atoms with E-state index in [-0.39, 0.29) is 55.3 Å². The Balaban J connectivity index is 1.29. The Morgan fingerprint density at radius 1 is 0.826 bits per heavy atom. The molecule has 26 heteroatoms. The van der Waals surface area contributed by atoms with Crippen LogP contribution in [0.2, 0.25) is 0 Å². The Hall–Kier alpha value is -5.97. The Bertz CT molecular complexity index is 2700. The third kappa shape index (κ3) is 14.9. The smallest absolute Gasteiger partial charge is 0.408 e. The number of nitrogens with one attached hydrogen (secondary N) is 3. The predicted molar refractivity (Wildman–Crippen MR) is 306 cm³/mol. The molecule has 0 radical (unpaired) electrons. The van der Waals surface area contributed by atoms with Gasteiger partial charge < -0.3 is 84.1 Å². The first-order valence-corrected chi connectivity index (χ1v) is 29.9. The molecule has 1 heterocycles. The van der Waals surface area contributed by atoms with Gasteiger partial charge in [0.1, 0.15) is 36.1 Å².